The summed E-state index contributed by atoms with van der Waals surface area (Å²) in [6.45, 7) is 7.41. The van der Waals surface area contributed by atoms with Crippen LogP contribution >= 0.6 is 22.7 Å². The maximum atomic E-state index is 12.0. The molecule has 1 aliphatic rings. The monoisotopic (exact) mass is 862 g/mol. The van der Waals surface area contributed by atoms with Gasteiger partial charge in [0.2, 0.25) is 0 Å². The van der Waals surface area contributed by atoms with E-state index in [0.29, 0.717) is 11.5 Å². The largest absolute Gasteiger partial charge is 0.489 e. The lowest BCUT2D eigenvalue weighted by molar-refractivity contribution is -0.139. The second-order valence-electron chi connectivity index (χ2n) is 14.8. The molecule has 2 aromatic heterocycles. The van der Waals surface area contributed by atoms with Crippen LogP contribution in [0.4, 0.5) is 0 Å². The fourth-order valence-corrected chi connectivity index (χ4v) is 10.7. The van der Waals surface area contributed by atoms with Gasteiger partial charge in [0, 0.05) is 17.5 Å². The molecule has 0 amide bonds. The van der Waals surface area contributed by atoms with Crippen molar-refractivity contribution in [3.63, 3.8) is 0 Å². The fourth-order valence-electron chi connectivity index (χ4n) is 8.69. The standard InChI is InChI=1S/C53H38N2O6S2/c1-3-48(56)59-28-27-58-45-26-25-33(31-38(45)51-54-43-21-11-13-23-46(43)62-51)53(40-19-9-7-15-34(40)35-16-8-10-20-41(35)53)42-32-39(52-55-44-22-12-14-24-47(44)63-52)50(37-18-6-5-17-36(37)42)61-30-29-60-49(57)4-2/h3-26,31-32H,1-2,27-30H2. The average Bonchev–Trinajstić information content (AvgIpc) is 4.05. The molecule has 8 nitrogen and oxygen atoms in total. The van der Waals surface area contributed by atoms with Crippen LogP contribution in [0.25, 0.3) is 63.5 Å². The molecule has 0 radical (unpaired) electrons. The molecule has 0 N–H and O–H groups in total. The molecule has 0 saturated carbocycles. The summed E-state index contributed by atoms with van der Waals surface area (Å²) in [5, 5.41) is 3.47. The number of carbonyl (C=O) groups is 2. The number of thiazole rings is 2. The zero-order valence-electron chi connectivity index (χ0n) is 33.9. The maximum Gasteiger partial charge on any atom is 0.330 e. The summed E-state index contributed by atoms with van der Waals surface area (Å²) < 4.78 is 25.9. The van der Waals surface area contributed by atoms with Gasteiger partial charge >= 0.3 is 11.9 Å². The third-order valence-electron chi connectivity index (χ3n) is 11.3. The Hall–Kier alpha value is -7.40. The number of para-hydroxylation sites is 2. The lowest BCUT2D eigenvalue weighted by Gasteiger charge is -2.36. The molecule has 0 aliphatic heterocycles. The second kappa shape index (κ2) is 16.8. The number of hydrogen-bond acceptors (Lipinski definition) is 10. The van der Waals surface area contributed by atoms with E-state index >= 15 is 0 Å². The van der Waals surface area contributed by atoms with Crippen LogP contribution in [0.3, 0.4) is 0 Å². The van der Waals surface area contributed by atoms with Crippen molar-refractivity contribution in [2.45, 2.75) is 5.41 Å². The van der Waals surface area contributed by atoms with Gasteiger partial charge in [-0.15, -0.1) is 22.7 Å². The zero-order valence-corrected chi connectivity index (χ0v) is 35.5. The topological polar surface area (TPSA) is 96.8 Å². The van der Waals surface area contributed by atoms with Crippen molar-refractivity contribution in [3.05, 3.63) is 193 Å². The number of carbonyl (C=O) groups excluding carboxylic acids is 2. The van der Waals surface area contributed by atoms with Gasteiger partial charge in [-0.25, -0.2) is 19.6 Å². The predicted molar refractivity (Wildman–Crippen MR) is 252 cm³/mol. The number of ether oxygens (including phenoxy) is 4. The first-order valence-corrected chi connectivity index (χ1v) is 22.1. The third kappa shape index (κ3) is 7.03. The van der Waals surface area contributed by atoms with Crippen molar-refractivity contribution in [1.29, 1.82) is 0 Å². The molecule has 0 unspecified atom stereocenters. The SMILES string of the molecule is C=CC(=O)OCCOc1ccc(C2(c3cc(-c4nc5ccccc5s4)c(OCCOC(=O)C=C)c4ccccc34)c3ccccc3-c3ccccc32)cc1-c1nc2ccccc2s1. The second-order valence-corrected chi connectivity index (χ2v) is 16.9. The Kier molecular flexibility index (Phi) is 10.6. The van der Waals surface area contributed by atoms with Crippen LogP contribution in [0.15, 0.2) is 171 Å². The Morgan fingerprint density at radius 1 is 0.524 bits per heavy atom. The highest BCUT2D eigenvalue weighted by atomic mass is 32.1. The molecular formula is C53H38N2O6S2. The average molecular weight is 863 g/mol. The zero-order chi connectivity index (χ0) is 42.9. The first-order valence-electron chi connectivity index (χ1n) is 20.4. The molecule has 2 heterocycles. The van der Waals surface area contributed by atoms with Crippen LogP contribution in [-0.2, 0) is 24.5 Å². The minimum absolute atomic E-state index is 0.0462. The molecule has 0 bridgehead atoms. The summed E-state index contributed by atoms with van der Waals surface area (Å²) in [6.07, 6.45) is 2.29. The van der Waals surface area contributed by atoms with Gasteiger partial charge in [0.25, 0.3) is 0 Å². The van der Waals surface area contributed by atoms with Gasteiger partial charge in [-0.1, -0.05) is 116 Å². The molecule has 63 heavy (non-hydrogen) atoms. The van der Waals surface area contributed by atoms with Crippen LogP contribution in [0, 0.1) is 0 Å². The Labute approximate surface area is 371 Å². The van der Waals surface area contributed by atoms with Gasteiger partial charge in [0.1, 0.15) is 47.9 Å². The number of rotatable bonds is 14. The van der Waals surface area contributed by atoms with Crippen molar-refractivity contribution in [3.8, 4) is 43.8 Å². The van der Waals surface area contributed by atoms with E-state index in [1.807, 2.05) is 48.5 Å². The van der Waals surface area contributed by atoms with Crippen LogP contribution in [0.5, 0.6) is 11.5 Å². The molecule has 0 atom stereocenters. The van der Waals surface area contributed by atoms with Crippen LogP contribution in [0.1, 0.15) is 22.3 Å². The smallest absolute Gasteiger partial charge is 0.330 e. The molecule has 1 aliphatic carbocycles. The summed E-state index contributed by atoms with van der Waals surface area (Å²) in [7, 11) is 0. The first kappa shape index (κ1) is 39.7. The van der Waals surface area contributed by atoms with Crippen molar-refractivity contribution >= 4 is 65.8 Å². The van der Waals surface area contributed by atoms with E-state index in [9.17, 15) is 9.59 Å². The Morgan fingerprint density at radius 3 is 1.65 bits per heavy atom. The van der Waals surface area contributed by atoms with Gasteiger partial charge in [-0.3, -0.25) is 0 Å². The molecule has 9 aromatic rings. The molecule has 0 spiro atoms. The van der Waals surface area contributed by atoms with E-state index in [0.717, 1.165) is 97.9 Å². The molecule has 10 rings (SSSR count). The van der Waals surface area contributed by atoms with Gasteiger partial charge in [-0.05, 0) is 81.2 Å². The van der Waals surface area contributed by atoms with E-state index < -0.39 is 17.4 Å². The number of fused-ring (bicyclic) bond motifs is 6. The van der Waals surface area contributed by atoms with Crippen LogP contribution in [0.2, 0.25) is 0 Å². The Morgan fingerprint density at radius 2 is 1.05 bits per heavy atom. The lowest BCUT2D eigenvalue weighted by Crippen LogP contribution is -2.29. The Balaban J connectivity index is 1.25. The highest BCUT2D eigenvalue weighted by molar-refractivity contribution is 7.22. The molecule has 308 valence electrons. The van der Waals surface area contributed by atoms with E-state index in [1.54, 1.807) is 22.7 Å². The Bertz CT molecular complexity index is 3150. The quantitative estimate of drug-likeness (QED) is 0.0606. The van der Waals surface area contributed by atoms with Crippen LogP contribution in [-0.4, -0.2) is 48.3 Å². The van der Waals surface area contributed by atoms with Crippen molar-refractivity contribution in [1.82, 2.24) is 9.97 Å². The molecule has 0 saturated heterocycles. The number of hydrogen-bond donors (Lipinski definition) is 0. The maximum absolute atomic E-state index is 12.0. The summed E-state index contributed by atoms with van der Waals surface area (Å²) in [5.74, 6) is 0.242. The summed E-state index contributed by atoms with van der Waals surface area (Å²) in [5.41, 5.74) is 9.09. The van der Waals surface area contributed by atoms with Crippen LogP contribution < -0.4 is 9.47 Å². The number of nitrogens with zero attached hydrogens (tertiary/aromatic N) is 2. The molecule has 10 heteroatoms. The van der Waals surface area contributed by atoms with Gasteiger partial charge in [-0.2, -0.15) is 0 Å². The van der Waals surface area contributed by atoms with Crippen molar-refractivity contribution in [2.24, 2.45) is 0 Å². The highest BCUT2D eigenvalue weighted by Gasteiger charge is 2.48. The van der Waals surface area contributed by atoms with Crippen molar-refractivity contribution < 1.29 is 28.5 Å². The number of esters is 2. The van der Waals surface area contributed by atoms with E-state index in [-0.39, 0.29) is 26.4 Å². The minimum Gasteiger partial charge on any atom is -0.489 e. The first-order chi connectivity index (χ1) is 31.0. The molecule has 0 fully saturated rings. The van der Waals surface area contributed by atoms with Gasteiger partial charge < -0.3 is 18.9 Å². The number of aromatic nitrogens is 2. The van der Waals surface area contributed by atoms with E-state index in [2.05, 4.69) is 110 Å². The lowest BCUT2D eigenvalue weighted by atomic mass is 9.66. The van der Waals surface area contributed by atoms with Gasteiger partial charge in [0.05, 0.1) is 37.0 Å². The van der Waals surface area contributed by atoms with E-state index in [1.165, 1.54) is 0 Å². The molecule has 7 aromatic carbocycles. The number of benzene rings is 7. The van der Waals surface area contributed by atoms with E-state index in [4.69, 9.17) is 28.9 Å². The van der Waals surface area contributed by atoms with Gasteiger partial charge in [0.15, 0.2) is 0 Å². The molecular weight excluding hydrogens is 825 g/mol. The fraction of sp³-hybridized carbons (Fsp3) is 0.0943. The summed E-state index contributed by atoms with van der Waals surface area (Å²) >= 11 is 3.20. The summed E-state index contributed by atoms with van der Waals surface area (Å²) in [4.78, 5) is 34.3. The highest BCUT2D eigenvalue weighted by Crippen LogP contribution is 2.59. The van der Waals surface area contributed by atoms with Crippen molar-refractivity contribution in [2.75, 3.05) is 26.4 Å². The normalized spacial score (nSPS) is 12.4. The summed E-state index contributed by atoms with van der Waals surface area (Å²) in [6, 6.07) is 50.4. The minimum atomic E-state index is -0.875. The predicted octanol–water partition coefficient (Wildman–Crippen LogP) is 12.0. The third-order valence-corrected chi connectivity index (χ3v) is 13.4.